The van der Waals surface area contributed by atoms with E-state index in [2.05, 4.69) is 10.3 Å². The van der Waals surface area contributed by atoms with Gasteiger partial charge in [0.05, 0.1) is 5.56 Å². The third-order valence-electron chi connectivity index (χ3n) is 3.13. The largest absolute Gasteiger partial charge is 0.398 e. The first-order valence-corrected chi connectivity index (χ1v) is 5.88. The van der Waals surface area contributed by atoms with Gasteiger partial charge in [0.2, 0.25) is 0 Å². The summed E-state index contributed by atoms with van der Waals surface area (Å²) in [6.45, 7) is 2.07. The predicted molar refractivity (Wildman–Crippen MR) is 68.6 cm³/mol. The second kappa shape index (κ2) is 5.05. The zero-order chi connectivity index (χ0) is 12.3. The maximum Gasteiger partial charge on any atom is 0.267 e. The summed E-state index contributed by atoms with van der Waals surface area (Å²) in [5, 5.41) is 0. The van der Waals surface area contributed by atoms with Gasteiger partial charge in [-0.25, -0.2) is 5.84 Å². The third-order valence-corrected chi connectivity index (χ3v) is 3.13. The molecular formula is C12H18N4O. The van der Waals surface area contributed by atoms with Gasteiger partial charge in [0.1, 0.15) is 0 Å². The molecule has 0 atom stereocenters. The van der Waals surface area contributed by atoms with Crippen LogP contribution in [-0.2, 0) is 0 Å². The number of benzene rings is 1. The molecule has 0 radical (unpaired) electrons. The van der Waals surface area contributed by atoms with E-state index in [-0.39, 0.29) is 5.91 Å². The quantitative estimate of drug-likeness (QED) is 0.307. The number of carbonyl (C=O) groups excluding carboxylic acids is 1. The van der Waals surface area contributed by atoms with Crippen LogP contribution in [0.2, 0.25) is 0 Å². The van der Waals surface area contributed by atoms with E-state index >= 15 is 0 Å². The van der Waals surface area contributed by atoms with Crippen molar-refractivity contribution in [3.05, 3.63) is 23.8 Å². The van der Waals surface area contributed by atoms with Crippen LogP contribution in [0.5, 0.6) is 0 Å². The van der Waals surface area contributed by atoms with Crippen LogP contribution in [0, 0.1) is 0 Å². The number of nitrogen functional groups attached to an aromatic ring is 2. The van der Waals surface area contributed by atoms with E-state index in [0.29, 0.717) is 11.3 Å². The number of piperidine rings is 1. The summed E-state index contributed by atoms with van der Waals surface area (Å²) in [5.74, 6) is 4.79. The third kappa shape index (κ3) is 2.50. The normalized spacial score (nSPS) is 15.7. The fourth-order valence-corrected chi connectivity index (χ4v) is 2.17. The number of hydrogen-bond acceptors (Lipinski definition) is 4. The van der Waals surface area contributed by atoms with E-state index in [9.17, 15) is 4.79 Å². The highest BCUT2D eigenvalue weighted by Crippen LogP contribution is 2.24. The highest BCUT2D eigenvalue weighted by Gasteiger charge is 2.14. The summed E-state index contributed by atoms with van der Waals surface area (Å²) in [5.41, 5.74) is 9.81. The number of hydrazine groups is 1. The lowest BCUT2D eigenvalue weighted by Crippen LogP contribution is -2.32. The number of nitrogens with one attached hydrogen (secondary N) is 1. The van der Waals surface area contributed by atoms with Crippen molar-refractivity contribution >= 4 is 17.3 Å². The topological polar surface area (TPSA) is 84.4 Å². The van der Waals surface area contributed by atoms with Crippen molar-refractivity contribution in [3.63, 3.8) is 0 Å². The molecule has 1 saturated heterocycles. The lowest BCUT2D eigenvalue weighted by atomic mass is 10.1. The molecule has 1 aromatic carbocycles. The Hall–Kier alpha value is -1.75. The number of anilines is 2. The van der Waals surface area contributed by atoms with Crippen molar-refractivity contribution in [2.75, 3.05) is 23.7 Å². The van der Waals surface area contributed by atoms with E-state index in [1.165, 1.54) is 19.3 Å². The van der Waals surface area contributed by atoms with Gasteiger partial charge in [0.25, 0.3) is 5.91 Å². The summed E-state index contributed by atoms with van der Waals surface area (Å²) < 4.78 is 0. The molecule has 0 aliphatic carbocycles. The molecule has 5 nitrogen and oxygen atoms in total. The minimum Gasteiger partial charge on any atom is -0.398 e. The monoisotopic (exact) mass is 234 g/mol. The fraction of sp³-hybridized carbons (Fsp3) is 0.417. The van der Waals surface area contributed by atoms with Gasteiger partial charge >= 0.3 is 0 Å². The number of hydrogen-bond donors (Lipinski definition) is 3. The van der Waals surface area contributed by atoms with Gasteiger partial charge in [-0.1, -0.05) is 0 Å². The Morgan fingerprint density at radius 3 is 2.59 bits per heavy atom. The summed E-state index contributed by atoms with van der Waals surface area (Å²) in [6, 6.07) is 5.52. The molecule has 0 aromatic heterocycles. The van der Waals surface area contributed by atoms with Gasteiger partial charge in [0.15, 0.2) is 0 Å². The van der Waals surface area contributed by atoms with E-state index in [1.54, 1.807) is 6.07 Å². The molecule has 5 N–H and O–H groups in total. The Kier molecular flexibility index (Phi) is 3.49. The zero-order valence-electron chi connectivity index (χ0n) is 9.78. The Morgan fingerprint density at radius 1 is 1.24 bits per heavy atom. The van der Waals surface area contributed by atoms with E-state index in [0.717, 1.165) is 18.8 Å². The number of carbonyl (C=O) groups is 1. The highest BCUT2D eigenvalue weighted by molar-refractivity contribution is 5.99. The van der Waals surface area contributed by atoms with Gasteiger partial charge in [-0.15, -0.1) is 0 Å². The molecule has 17 heavy (non-hydrogen) atoms. The van der Waals surface area contributed by atoms with E-state index in [1.807, 2.05) is 12.1 Å². The van der Waals surface area contributed by atoms with Crippen LogP contribution in [0.15, 0.2) is 18.2 Å². The molecule has 0 bridgehead atoms. The maximum atomic E-state index is 11.5. The Balaban J connectivity index is 2.26. The van der Waals surface area contributed by atoms with Gasteiger partial charge < -0.3 is 10.6 Å². The summed E-state index contributed by atoms with van der Waals surface area (Å²) in [6.07, 6.45) is 3.67. The van der Waals surface area contributed by atoms with Gasteiger partial charge in [-0.05, 0) is 37.5 Å². The standard InChI is InChI=1S/C12H18N4O/c13-11-5-4-9(8-10(11)12(17)15-14)16-6-2-1-3-7-16/h4-5,8H,1-3,6-7,13-14H2,(H,15,17). The van der Waals surface area contributed by atoms with Crippen molar-refractivity contribution in [2.45, 2.75) is 19.3 Å². The maximum absolute atomic E-state index is 11.5. The first-order chi connectivity index (χ1) is 8.22. The number of nitrogens with two attached hydrogens (primary N) is 2. The van der Waals surface area contributed by atoms with Crippen molar-refractivity contribution in [1.29, 1.82) is 0 Å². The fourth-order valence-electron chi connectivity index (χ4n) is 2.17. The summed E-state index contributed by atoms with van der Waals surface area (Å²) in [7, 11) is 0. The van der Waals surface area contributed by atoms with Crippen LogP contribution in [0.4, 0.5) is 11.4 Å². The molecule has 5 heteroatoms. The van der Waals surface area contributed by atoms with E-state index < -0.39 is 0 Å². The van der Waals surface area contributed by atoms with Crippen LogP contribution < -0.4 is 21.9 Å². The van der Waals surface area contributed by atoms with Crippen molar-refractivity contribution in [3.8, 4) is 0 Å². The van der Waals surface area contributed by atoms with Gasteiger partial charge in [-0.3, -0.25) is 10.2 Å². The van der Waals surface area contributed by atoms with E-state index in [4.69, 9.17) is 11.6 Å². The Morgan fingerprint density at radius 2 is 1.94 bits per heavy atom. The van der Waals surface area contributed by atoms with Crippen LogP contribution in [-0.4, -0.2) is 19.0 Å². The second-order valence-corrected chi connectivity index (χ2v) is 4.29. The Labute approximate surface area is 101 Å². The van der Waals surface area contributed by atoms with Gasteiger partial charge in [-0.2, -0.15) is 0 Å². The first-order valence-electron chi connectivity index (χ1n) is 5.88. The smallest absolute Gasteiger partial charge is 0.267 e. The van der Waals surface area contributed by atoms with Crippen LogP contribution in [0.1, 0.15) is 29.6 Å². The molecule has 0 unspecified atom stereocenters. The number of rotatable bonds is 2. The van der Waals surface area contributed by atoms with Crippen molar-refractivity contribution in [1.82, 2.24) is 5.43 Å². The van der Waals surface area contributed by atoms with Gasteiger partial charge in [0, 0.05) is 24.5 Å². The molecule has 1 amide bonds. The second-order valence-electron chi connectivity index (χ2n) is 4.29. The SMILES string of the molecule is NNC(=O)c1cc(N2CCCCC2)ccc1N. The average molecular weight is 234 g/mol. The average Bonchev–Trinajstić information content (AvgIpc) is 2.39. The highest BCUT2D eigenvalue weighted by atomic mass is 16.2. The minimum absolute atomic E-state index is 0.346. The minimum atomic E-state index is -0.346. The summed E-state index contributed by atoms with van der Waals surface area (Å²) in [4.78, 5) is 13.8. The molecular weight excluding hydrogens is 216 g/mol. The lowest BCUT2D eigenvalue weighted by molar-refractivity contribution is 0.0954. The Bertz CT molecular complexity index is 413. The molecule has 1 aromatic rings. The molecule has 1 fully saturated rings. The molecule has 1 aliphatic rings. The molecule has 1 aliphatic heterocycles. The predicted octanol–water partition coefficient (Wildman–Crippen LogP) is 0.863. The molecule has 0 spiro atoms. The molecule has 0 saturated carbocycles. The number of amides is 1. The van der Waals surface area contributed by atoms with Crippen LogP contribution in [0.3, 0.4) is 0 Å². The number of nitrogens with zero attached hydrogens (tertiary/aromatic N) is 1. The summed E-state index contributed by atoms with van der Waals surface area (Å²) >= 11 is 0. The lowest BCUT2D eigenvalue weighted by Gasteiger charge is -2.29. The molecule has 92 valence electrons. The zero-order valence-corrected chi connectivity index (χ0v) is 9.78. The molecule has 1 heterocycles. The molecule has 2 rings (SSSR count). The van der Waals surface area contributed by atoms with Crippen molar-refractivity contribution < 1.29 is 4.79 Å². The van der Waals surface area contributed by atoms with Crippen LogP contribution in [0.25, 0.3) is 0 Å². The van der Waals surface area contributed by atoms with Crippen LogP contribution >= 0.6 is 0 Å². The van der Waals surface area contributed by atoms with Crippen molar-refractivity contribution in [2.24, 2.45) is 5.84 Å². The first kappa shape index (κ1) is 11.7.